The van der Waals surface area contributed by atoms with Crippen LogP contribution in [0.4, 0.5) is 5.69 Å². The molecule has 0 fully saturated rings. The first-order chi connectivity index (χ1) is 17.4. The Morgan fingerprint density at radius 2 is 1.39 bits per heavy atom. The summed E-state index contributed by atoms with van der Waals surface area (Å²) in [5.41, 5.74) is -1.05. The maximum absolute atomic E-state index is 13.2. The van der Waals surface area contributed by atoms with Gasteiger partial charge in [0.1, 0.15) is 6.61 Å². The van der Waals surface area contributed by atoms with Crippen LogP contribution < -0.4 is 0 Å². The average molecular weight is 561 g/mol. The minimum Gasteiger partial charge on any atom is -0.438 e. The average Bonchev–Trinajstić information content (AvgIpc) is 2.81. The zero-order valence-corrected chi connectivity index (χ0v) is 23.8. The van der Waals surface area contributed by atoms with Crippen molar-refractivity contribution in [1.82, 2.24) is 5.06 Å². The van der Waals surface area contributed by atoms with E-state index in [9.17, 15) is 29.1 Å². The van der Waals surface area contributed by atoms with Gasteiger partial charge in [0, 0.05) is 25.6 Å². The number of rotatable bonds is 14. The van der Waals surface area contributed by atoms with Crippen LogP contribution in [0.3, 0.4) is 0 Å². The molecule has 0 atom stereocenters. The van der Waals surface area contributed by atoms with Crippen LogP contribution in [0.1, 0.15) is 59.9 Å². The molecule has 0 aliphatic heterocycles. The number of carbonyl (C=O) groups is 3. The second kappa shape index (κ2) is 14.3. The molecule has 214 valence electrons. The molecule has 13 nitrogen and oxygen atoms in total. The molecule has 0 aliphatic carbocycles. The van der Waals surface area contributed by atoms with E-state index < -0.39 is 54.8 Å². The molecule has 0 unspecified atom stereocenters. The lowest BCUT2D eigenvalue weighted by atomic mass is 9.98. The molecule has 1 aromatic rings. The number of hydrogen-bond donors (Lipinski definition) is 0. The van der Waals surface area contributed by atoms with Crippen molar-refractivity contribution in [3.05, 3.63) is 39.9 Å². The smallest absolute Gasteiger partial charge is 0.336 e. The highest BCUT2D eigenvalue weighted by atomic mass is 31.2. The van der Waals surface area contributed by atoms with E-state index in [2.05, 4.69) is 0 Å². The summed E-state index contributed by atoms with van der Waals surface area (Å²) < 4.78 is 33.6. The third-order valence-corrected chi connectivity index (χ3v) is 6.71. The van der Waals surface area contributed by atoms with Crippen LogP contribution in [0.15, 0.2) is 24.3 Å². The Hall–Kier alpha value is -2.86. The van der Waals surface area contributed by atoms with Crippen molar-refractivity contribution in [1.29, 1.82) is 0 Å². The molecule has 0 bridgehead atoms. The van der Waals surface area contributed by atoms with Crippen molar-refractivity contribution in [2.24, 2.45) is 10.8 Å². The highest BCUT2D eigenvalue weighted by Crippen LogP contribution is 2.49. The zero-order valence-electron chi connectivity index (χ0n) is 22.9. The van der Waals surface area contributed by atoms with Gasteiger partial charge in [-0.15, -0.1) is 0 Å². The molecule has 1 aromatic carbocycles. The normalized spacial score (nSPS) is 12.1. The van der Waals surface area contributed by atoms with Crippen molar-refractivity contribution in [2.45, 2.75) is 61.0 Å². The van der Waals surface area contributed by atoms with Crippen molar-refractivity contribution in [3.63, 3.8) is 0 Å². The van der Waals surface area contributed by atoms with E-state index in [1.54, 1.807) is 41.5 Å². The summed E-state index contributed by atoms with van der Waals surface area (Å²) in [6, 6.07) is 5.69. The van der Waals surface area contributed by atoms with Crippen LogP contribution in [-0.2, 0) is 48.9 Å². The molecule has 1 rings (SSSR count). The molecular formula is C24H37N2O11P. The number of nitrogens with zero attached hydrogens (tertiary/aromatic N) is 2. The van der Waals surface area contributed by atoms with Gasteiger partial charge < -0.3 is 9.47 Å². The molecule has 0 aromatic heterocycles. The minimum absolute atomic E-state index is 0.00321. The third-order valence-electron chi connectivity index (χ3n) is 4.85. The van der Waals surface area contributed by atoms with Gasteiger partial charge in [0.15, 0.2) is 0 Å². The lowest BCUT2D eigenvalue weighted by molar-refractivity contribution is -0.384. The molecule has 0 heterocycles. The summed E-state index contributed by atoms with van der Waals surface area (Å²) in [7, 11) is -2.52. The van der Waals surface area contributed by atoms with Crippen LogP contribution in [-0.4, -0.2) is 54.6 Å². The van der Waals surface area contributed by atoms with Gasteiger partial charge in [-0.05, 0) is 65.7 Å². The predicted molar refractivity (Wildman–Crippen MR) is 135 cm³/mol. The standard InChI is InChI=1S/C24H37N2O11P/c1-23(2,3)21(28)33-16-36-38(32,37-17-34-22(29)24(4,5)6)14-8-9-20(27)25(7)35-15-18-10-12-19(13-11-18)26(30)31/h10-13H,8-9,14-17H2,1-7H3. The lowest BCUT2D eigenvalue weighted by Gasteiger charge is -2.22. The summed E-state index contributed by atoms with van der Waals surface area (Å²) in [6.45, 7) is 8.56. The first-order valence-corrected chi connectivity index (χ1v) is 13.5. The largest absolute Gasteiger partial charge is 0.438 e. The summed E-state index contributed by atoms with van der Waals surface area (Å²) in [5.74, 6) is -1.59. The second-order valence-corrected chi connectivity index (χ2v) is 12.6. The Morgan fingerprint density at radius 3 is 1.82 bits per heavy atom. The Labute approximate surface area is 222 Å². The number of hydrogen-bond acceptors (Lipinski definition) is 11. The van der Waals surface area contributed by atoms with Crippen molar-refractivity contribution in [2.75, 3.05) is 26.8 Å². The quantitative estimate of drug-likeness (QED) is 0.103. The molecule has 0 N–H and O–H groups in total. The molecular weight excluding hydrogens is 523 g/mol. The molecule has 14 heteroatoms. The molecule has 1 amide bonds. The number of esters is 2. The van der Waals surface area contributed by atoms with Gasteiger partial charge in [-0.25, -0.2) is 5.06 Å². The number of hydroxylamine groups is 2. The summed E-state index contributed by atoms with van der Waals surface area (Å²) in [5, 5.41) is 11.7. The van der Waals surface area contributed by atoms with Crippen LogP contribution >= 0.6 is 7.60 Å². The molecule has 38 heavy (non-hydrogen) atoms. The van der Waals surface area contributed by atoms with Crippen LogP contribution in [0, 0.1) is 20.9 Å². The number of benzene rings is 1. The Balaban J connectivity index is 2.63. The third kappa shape index (κ3) is 12.1. The SMILES string of the molecule is CN(OCc1ccc([N+](=O)[O-])cc1)C(=O)CCCP(=O)(OCOC(=O)C(C)(C)C)OCOC(=O)C(C)(C)C. The number of nitro benzene ring substituents is 1. The van der Waals surface area contributed by atoms with Gasteiger partial charge in [-0.1, -0.05) is 0 Å². The van der Waals surface area contributed by atoms with Gasteiger partial charge in [-0.3, -0.25) is 42.9 Å². The number of carbonyl (C=O) groups excluding carboxylic acids is 3. The lowest BCUT2D eigenvalue weighted by Crippen LogP contribution is -2.27. The molecule has 0 spiro atoms. The second-order valence-electron chi connectivity index (χ2n) is 10.4. The van der Waals surface area contributed by atoms with E-state index in [1.807, 2.05) is 0 Å². The van der Waals surface area contributed by atoms with Crippen molar-refractivity contribution in [3.8, 4) is 0 Å². The summed E-state index contributed by atoms with van der Waals surface area (Å²) in [4.78, 5) is 51.9. The van der Waals surface area contributed by atoms with E-state index in [1.165, 1.54) is 31.3 Å². The maximum Gasteiger partial charge on any atom is 0.336 e. The first-order valence-electron chi connectivity index (χ1n) is 11.8. The highest BCUT2D eigenvalue weighted by molar-refractivity contribution is 7.53. The van der Waals surface area contributed by atoms with E-state index >= 15 is 0 Å². The van der Waals surface area contributed by atoms with Crippen LogP contribution in [0.5, 0.6) is 0 Å². The minimum atomic E-state index is -3.92. The summed E-state index contributed by atoms with van der Waals surface area (Å²) in [6.07, 6.45) is -0.256. The van der Waals surface area contributed by atoms with E-state index in [0.29, 0.717) is 5.56 Å². The molecule has 0 saturated carbocycles. The van der Waals surface area contributed by atoms with E-state index in [4.69, 9.17) is 23.4 Å². The van der Waals surface area contributed by atoms with Gasteiger partial charge in [0.25, 0.3) is 5.69 Å². The fourth-order valence-electron chi connectivity index (χ4n) is 2.46. The van der Waals surface area contributed by atoms with Gasteiger partial charge in [0.2, 0.25) is 19.5 Å². The fourth-order valence-corrected chi connectivity index (χ4v) is 3.76. The van der Waals surface area contributed by atoms with E-state index in [-0.39, 0.29) is 31.3 Å². The number of amides is 1. The monoisotopic (exact) mass is 560 g/mol. The molecule has 0 aliphatic rings. The molecule has 0 saturated heterocycles. The van der Waals surface area contributed by atoms with Crippen LogP contribution in [0.25, 0.3) is 0 Å². The number of non-ortho nitro benzene ring substituents is 1. The highest BCUT2D eigenvalue weighted by Gasteiger charge is 2.30. The Bertz CT molecular complexity index is 978. The topological polar surface area (TPSA) is 161 Å². The predicted octanol–water partition coefficient (Wildman–Crippen LogP) is 4.58. The van der Waals surface area contributed by atoms with Gasteiger partial charge in [0.05, 0.1) is 21.9 Å². The first kappa shape index (κ1) is 33.2. The number of ether oxygens (including phenoxy) is 2. The van der Waals surface area contributed by atoms with Gasteiger partial charge >= 0.3 is 19.5 Å². The Morgan fingerprint density at radius 1 is 0.921 bits per heavy atom. The molecule has 0 radical (unpaired) electrons. The maximum atomic E-state index is 13.2. The summed E-state index contributed by atoms with van der Waals surface area (Å²) >= 11 is 0. The van der Waals surface area contributed by atoms with Crippen molar-refractivity contribution >= 4 is 31.1 Å². The van der Waals surface area contributed by atoms with Crippen LogP contribution in [0.2, 0.25) is 0 Å². The Kier molecular flexibility index (Phi) is 12.5. The van der Waals surface area contributed by atoms with Gasteiger partial charge in [-0.2, -0.15) is 0 Å². The van der Waals surface area contributed by atoms with E-state index in [0.717, 1.165) is 5.06 Å². The van der Waals surface area contributed by atoms with Crippen molar-refractivity contribution < 1.29 is 47.2 Å². The fraction of sp³-hybridized carbons (Fsp3) is 0.625. The zero-order chi connectivity index (χ0) is 29.1. The number of nitro groups is 1.